The smallest absolute Gasteiger partial charge is 0.272 e. The number of hydrogen-bond acceptors (Lipinski definition) is 3. The van der Waals surface area contributed by atoms with Gasteiger partial charge < -0.3 is 15.8 Å². The highest BCUT2D eigenvalue weighted by atomic mass is 19.3. The van der Waals surface area contributed by atoms with Crippen molar-refractivity contribution in [3.05, 3.63) is 23.8 Å². The highest BCUT2D eigenvalue weighted by Gasteiger charge is 2.09. The Morgan fingerprint density at radius 1 is 1.45 bits per heavy atom. The molecule has 20 heavy (non-hydrogen) atoms. The molecule has 6 heteroatoms. The first-order chi connectivity index (χ1) is 9.38. The molecular formula is C14H20F2N2O2. The van der Waals surface area contributed by atoms with E-state index >= 15 is 0 Å². The van der Waals surface area contributed by atoms with Crippen molar-refractivity contribution >= 4 is 11.6 Å². The Balaban J connectivity index is 2.62. The average Bonchev–Trinajstić information content (AvgIpc) is 2.37. The molecule has 0 bridgehead atoms. The van der Waals surface area contributed by atoms with E-state index < -0.39 is 13.0 Å². The van der Waals surface area contributed by atoms with Gasteiger partial charge in [-0.2, -0.15) is 0 Å². The zero-order chi connectivity index (χ0) is 15.1. The first-order valence-electron chi connectivity index (χ1n) is 6.45. The van der Waals surface area contributed by atoms with E-state index in [0.717, 1.165) is 5.56 Å². The van der Waals surface area contributed by atoms with Crippen LogP contribution in [0.1, 0.15) is 25.3 Å². The molecule has 1 atom stereocenters. The molecule has 0 aliphatic rings. The number of rotatable bonds is 7. The van der Waals surface area contributed by atoms with Gasteiger partial charge in [0.15, 0.2) is 0 Å². The summed E-state index contributed by atoms with van der Waals surface area (Å²) < 4.78 is 29.3. The fourth-order valence-corrected chi connectivity index (χ4v) is 1.57. The number of alkyl halides is 2. The Labute approximate surface area is 117 Å². The number of benzene rings is 1. The molecule has 0 saturated carbocycles. The molecule has 1 aromatic rings. The Morgan fingerprint density at radius 3 is 2.75 bits per heavy atom. The van der Waals surface area contributed by atoms with E-state index in [2.05, 4.69) is 5.32 Å². The number of aryl methyl sites for hydroxylation is 1. The molecule has 0 saturated heterocycles. The number of hydrogen-bond donors (Lipinski definition) is 2. The summed E-state index contributed by atoms with van der Waals surface area (Å²) in [5.41, 5.74) is 6.83. The predicted octanol–water partition coefficient (Wildman–Crippen LogP) is 2.70. The largest absolute Gasteiger partial charge is 0.487 e. The maximum absolute atomic E-state index is 12.1. The van der Waals surface area contributed by atoms with Crippen molar-refractivity contribution in [1.82, 2.24) is 0 Å². The summed E-state index contributed by atoms with van der Waals surface area (Å²) in [6.45, 7) is 2.92. The molecule has 0 aliphatic carbocycles. The van der Waals surface area contributed by atoms with Gasteiger partial charge in [0, 0.05) is 24.2 Å². The molecule has 3 N–H and O–H groups in total. The van der Waals surface area contributed by atoms with Gasteiger partial charge in [-0.1, -0.05) is 6.07 Å². The zero-order valence-electron chi connectivity index (χ0n) is 11.7. The molecule has 112 valence electrons. The minimum absolute atomic E-state index is 0.0382. The number of ether oxygens (including phenoxy) is 1. The third-order valence-electron chi connectivity index (χ3n) is 2.66. The summed E-state index contributed by atoms with van der Waals surface area (Å²) >= 11 is 0. The van der Waals surface area contributed by atoms with Gasteiger partial charge >= 0.3 is 0 Å². The minimum atomic E-state index is -2.53. The fourth-order valence-electron chi connectivity index (χ4n) is 1.57. The van der Waals surface area contributed by atoms with Gasteiger partial charge in [-0.15, -0.1) is 0 Å². The van der Waals surface area contributed by atoms with E-state index in [-0.39, 0.29) is 11.9 Å². The SMILES string of the molecule is Cc1ccc(NC(=O)CCC(C)N)cc1OCC(F)F. The van der Waals surface area contributed by atoms with E-state index in [1.54, 1.807) is 25.1 Å². The second-order valence-corrected chi connectivity index (χ2v) is 4.75. The lowest BCUT2D eigenvalue weighted by Gasteiger charge is -2.12. The van der Waals surface area contributed by atoms with Gasteiger partial charge in [0.25, 0.3) is 6.43 Å². The molecule has 0 aliphatic heterocycles. The third kappa shape index (κ3) is 5.97. The Bertz CT molecular complexity index is 451. The van der Waals surface area contributed by atoms with Crippen molar-refractivity contribution in [3.8, 4) is 5.75 Å². The minimum Gasteiger partial charge on any atom is -0.487 e. The van der Waals surface area contributed by atoms with Crippen LogP contribution in [0, 0.1) is 6.92 Å². The van der Waals surface area contributed by atoms with E-state index in [4.69, 9.17) is 10.5 Å². The topological polar surface area (TPSA) is 64.4 Å². The lowest BCUT2D eigenvalue weighted by molar-refractivity contribution is -0.116. The number of nitrogens with one attached hydrogen (secondary N) is 1. The lowest BCUT2D eigenvalue weighted by atomic mass is 10.1. The number of amides is 1. The molecule has 1 amide bonds. The molecule has 0 radical (unpaired) electrons. The fraction of sp³-hybridized carbons (Fsp3) is 0.500. The second kappa shape index (κ2) is 7.79. The molecule has 0 aromatic heterocycles. The summed E-state index contributed by atoms with van der Waals surface area (Å²) in [4.78, 5) is 11.7. The van der Waals surface area contributed by atoms with E-state index in [0.29, 0.717) is 24.3 Å². The van der Waals surface area contributed by atoms with Crippen LogP contribution >= 0.6 is 0 Å². The van der Waals surface area contributed by atoms with Gasteiger partial charge in [-0.05, 0) is 31.9 Å². The first-order valence-corrected chi connectivity index (χ1v) is 6.45. The van der Waals surface area contributed by atoms with Crippen LogP contribution in [0.2, 0.25) is 0 Å². The van der Waals surface area contributed by atoms with E-state index in [1.807, 2.05) is 6.92 Å². The van der Waals surface area contributed by atoms with Crippen molar-refractivity contribution in [3.63, 3.8) is 0 Å². The van der Waals surface area contributed by atoms with Crippen LogP contribution in [0.4, 0.5) is 14.5 Å². The molecule has 1 rings (SSSR count). The summed E-state index contributed by atoms with van der Waals surface area (Å²) in [5, 5.41) is 2.69. The molecule has 4 nitrogen and oxygen atoms in total. The Kier molecular flexibility index (Phi) is 6.38. The number of halogens is 2. The highest BCUT2D eigenvalue weighted by molar-refractivity contribution is 5.90. The third-order valence-corrected chi connectivity index (χ3v) is 2.66. The maximum atomic E-state index is 12.1. The van der Waals surface area contributed by atoms with Crippen molar-refractivity contribution in [2.75, 3.05) is 11.9 Å². The predicted molar refractivity (Wildman–Crippen MR) is 74.2 cm³/mol. The average molecular weight is 286 g/mol. The monoisotopic (exact) mass is 286 g/mol. The van der Waals surface area contributed by atoms with Crippen molar-refractivity contribution in [1.29, 1.82) is 0 Å². The van der Waals surface area contributed by atoms with Crippen LogP contribution in [0.15, 0.2) is 18.2 Å². The summed E-state index contributed by atoms with van der Waals surface area (Å²) in [5.74, 6) is 0.182. The van der Waals surface area contributed by atoms with Crippen molar-refractivity contribution in [2.45, 2.75) is 39.2 Å². The van der Waals surface area contributed by atoms with Crippen LogP contribution in [0.3, 0.4) is 0 Å². The van der Waals surface area contributed by atoms with Gasteiger partial charge in [-0.25, -0.2) is 8.78 Å². The van der Waals surface area contributed by atoms with Crippen LogP contribution < -0.4 is 15.8 Å². The number of anilines is 1. The van der Waals surface area contributed by atoms with Crippen LogP contribution in [-0.2, 0) is 4.79 Å². The van der Waals surface area contributed by atoms with Gasteiger partial charge in [-0.3, -0.25) is 4.79 Å². The summed E-state index contributed by atoms with van der Waals surface area (Å²) in [6.07, 6.45) is -1.62. The molecule has 1 aromatic carbocycles. The standard InChI is InChI=1S/C14H20F2N2O2/c1-9-3-5-11(7-12(9)20-8-13(15)16)18-14(19)6-4-10(2)17/h3,5,7,10,13H,4,6,8,17H2,1-2H3,(H,18,19). The highest BCUT2D eigenvalue weighted by Crippen LogP contribution is 2.23. The lowest BCUT2D eigenvalue weighted by Crippen LogP contribution is -2.19. The molecule has 0 fully saturated rings. The Hall–Kier alpha value is -1.69. The first kappa shape index (κ1) is 16.4. The van der Waals surface area contributed by atoms with E-state index in [1.165, 1.54) is 0 Å². The van der Waals surface area contributed by atoms with Crippen molar-refractivity contribution in [2.24, 2.45) is 5.73 Å². The van der Waals surface area contributed by atoms with Crippen LogP contribution in [-0.4, -0.2) is 25.0 Å². The molecule has 1 unspecified atom stereocenters. The van der Waals surface area contributed by atoms with Crippen molar-refractivity contribution < 1.29 is 18.3 Å². The zero-order valence-corrected chi connectivity index (χ0v) is 11.7. The summed E-state index contributed by atoms with van der Waals surface area (Å²) in [6, 6.07) is 4.92. The quantitative estimate of drug-likeness (QED) is 0.810. The number of carbonyl (C=O) groups excluding carboxylic acids is 1. The van der Waals surface area contributed by atoms with Gasteiger partial charge in [0.2, 0.25) is 5.91 Å². The normalized spacial score (nSPS) is 12.3. The van der Waals surface area contributed by atoms with E-state index in [9.17, 15) is 13.6 Å². The van der Waals surface area contributed by atoms with Crippen LogP contribution in [0.25, 0.3) is 0 Å². The molecule has 0 spiro atoms. The second-order valence-electron chi connectivity index (χ2n) is 4.75. The summed E-state index contributed by atoms with van der Waals surface area (Å²) in [7, 11) is 0. The maximum Gasteiger partial charge on any atom is 0.272 e. The number of carbonyl (C=O) groups is 1. The molecular weight excluding hydrogens is 266 g/mol. The van der Waals surface area contributed by atoms with Crippen LogP contribution in [0.5, 0.6) is 5.75 Å². The van der Waals surface area contributed by atoms with Gasteiger partial charge in [0.05, 0.1) is 0 Å². The van der Waals surface area contributed by atoms with Gasteiger partial charge in [0.1, 0.15) is 12.4 Å². The number of nitrogens with two attached hydrogens (primary N) is 1. The molecule has 0 heterocycles. The Morgan fingerprint density at radius 2 is 2.15 bits per heavy atom.